The van der Waals surface area contributed by atoms with Crippen LogP contribution in [0.5, 0.6) is 0 Å². The van der Waals surface area contributed by atoms with Crippen molar-refractivity contribution in [2.45, 2.75) is 12.6 Å². The average molecular weight is 307 g/mol. The van der Waals surface area contributed by atoms with E-state index in [-0.39, 0.29) is 12.2 Å². The molecule has 1 unspecified atom stereocenters. The summed E-state index contributed by atoms with van der Waals surface area (Å²) in [5.41, 5.74) is 1.28. The molecule has 2 N–H and O–H groups in total. The Morgan fingerprint density at radius 3 is 2.57 bits per heavy atom. The number of hydrogen-bond acceptors (Lipinski definition) is 4. The predicted octanol–water partition coefficient (Wildman–Crippen LogP) is 3.07. The van der Waals surface area contributed by atoms with E-state index in [2.05, 4.69) is 5.32 Å². The van der Waals surface area contributed by atoms with Crippen LogP contribution in [0.1, 0.15) is 17.2 Å². The lowest BCUT2D eigenvalue weighted by Crippen LogP contribution is -2.21. The fourth-order valence-electron chi connectivity index (χ4n) is 2.04. The normalized spacial score (nSPS) is 12.1. The zero-order chi connectivity index (χ0) is 15.2. The molecule has 0 fully saturated rings. The number of nitrogens with zero attached hydrogens (tertiary/aromatic N) is 1. The first-order valence-electron chi connectivity index (χ1n) is 6.45. The third-order valence-electron chi connectivity index (χ3n) is 3.11. The van der Waals surface area contributed by atoms with Crippen molar-refractivity contribution in [3.8, 4) is 0 Å². The van der Waals surface area contributed by atoms with E-state index in [1.165, 1.54) is 6.07 Å². The van der Waals surface area contributed by atoms with Crippen molar-refractivity contribution in [1.82, 2.24) is 5.32 Å². The first-order chi connectivity index (χ1) is 10.1. The second-order valence-electron chi connectivity index (χ2n) is 4.55. The number of rotatable bonds is 6. The third kappa shape index (κ3) is 4.01. The molecule has 0 saturated heterocycles. The third-order valence-corrected chi connectivity index (χ3v) is 3.45. The Morgan fingerprint density at radius 1 is 1.19 bits per heavy atom. The van der Waals surface area contributed by atoms with Gasteiger partial charge in [-0.3, -0.25) is 10.1 Å². The van der Waals surface area contributed by atoms with Crippen LogP contribution < -0.4 is 5.32 Å². The number of hydrogen-bond donors (Lipinski definition) is 2. The Labute approximate surface area is 127 Å². The van der Waals surface area contributed by atoms with Gasteiger partial charge in [0.25, 0.3) is 5.69 Å². The molecule has 0 bridgehead atoms. The van der Waals surface area contributed by atoms with Crippen LogP contribution in [0.4, 0.5) is 5.69 Å². The highest BCUT2D eigenvalue weighted by Crippen LogP contribution is 2.22. The van der Waals surface area contributed by atoms with Crippen molar-refractivity contribution >= 4 is 17.3 Å². The molecule has 2 rings (SSSR count). The zero-order valence-corrected chi connectivity index (χ0v) is 12.0. The molecule has 0 radical (unpaired) electrons. The van der Waals surface area contributed by atoms with Crippen molar-refractivity contribution in [3.63, 3.8) is 0 Å². The smallest absolute Gasteiger partial charge is 0.273 e. The summed E-state index contributed by atoms with van der Waals surface area (Å²) in [6, 6.07) is 13.6. The van der Waals surface area contributed by atoms with Crippen molar-refractivity contribution in [3.05, 3.63) is 74.8 Å². The number of nitro groups is 1. The van der Waals surface area contributed by atoms with E-state index in [1.54, 1.807) is 42.5 Å². The number of aliphatic hydroxyl groups excluding tert-OH is 1. The van der Waals surface area contributed by atoms with Crippen LogP contribution in [0.3, 0.4) is 0 Å². The van der Waals surface area contributed by atoms with Gasteiger partial charge in [-0.25, -0.2) is 0 Å². The van der Waals surface area contributed by atoms with Gasteiger partial charge >= 0.3 is 0 Å². The van der Waals surface area contributed by atoms with Crippen molar-refractivity contribution in [2.24, 2.45) is 0 Å². The zero-order valence-electron chi connectivity index (χ0n) is 11.2. The van der Waals surface area contributed by atoms with Crippen molar-refractivity contribution in [1.29, 1.82) is 0 Å². The topological polar surface area (TPSA) is 75.4 Å². The van der Waals surface area contributed by atoms with E-state index >= 15 is 0 Å². The Morgan fingerprint density at radius 2 is 1.86 bits per heavy atom. The van der Waals surface area contributed by atoms with E-state index < -0.39 is 11.0 Å². The summed E-state index contributed by atoms with van der Waals surface area (Å²) < 4.78 is 0. The summed E-state index contributed by atoms with van der Waals surface area (Å²) in [4.78, 5) is 10.5. The van der Waals surface area contributed by atoms with Crippen LogP contribution in [0, 0.1) is 10.1 Å². The molecule has 6 heteroatoms. The number of halogens is 1. The van der Waals surface area contributed by atoms with E-state index in [0.717, 1.165) is 0 Å². The van der Waals surface area contributed by atoms with Crippen molar-refractivity contribution in [2.75, 3.05) is 6.54 Å². The Hall–Kier alpha value is -1.95. The molecule has 2 aromatic carbocycles. The van der Waals surface area contributed by atoms with Crippen molar-refractivity contribution < 1.29 is 10.0 Å². The van der Waals surface area contributed by atoms with Gasteiger partial charge in [-0.15, -0.1) is 0 Å². The standard InChI is InChI=1S/C15H15ClN2O3/c16-13-7-3-2-6-12(13)15(19)10-17-9-11-5-1-4-8-14(11)18(20)21/h1-8,15,17,19H,9-10H2. The van der Waals surface area contributed by atoms with Crippen LogP contribution in [-0.4, -0.2) is 16.6 Å². The molecule has 0 saturated carbocycles. The van der Waals surface area contributed by atoms with Gasteiger partial charge in [0.2, 0.25) is 0 Å². The van der Waals surface area contributed by atoms with Gasteiger partial charge in [0.15, 0.2) is 0 Å². The van der Waals surface area contributed by atoms with Gasteiger partial charge < -0.3 is 10.4 Å². The predicted molar refractivity (Wildman–Crippen MR) is 81.2 cm³/mol. The first kappa shape index (κ1) is 15.4. The summed E-state index contributed by atoms with van der Waals surface area (Å²) in [5, 5.41) is 24.5. The molecule has 0 heterocycles. The second-order valence-corrected chi connectivity index (χ2v) is 4.96. The summed E-state index contributed by atoms with van der Waals surface area (Å²) in [7, 11) is 0. The molecule has 0 aromatic heterocycles. The summed E-state index contributed by atoms with van der Waals surface area (Å²) in [6.45, 7) is 0.564. The van der Waals surface area contributed by atoms with Gasteiger partial charge in [0.1, 0.15) is 0 Å². The maximum atomic E-state index is 10.9. The highest BCUT2D eigenvalue weighted by Gasteiger charge is 2.14. The summed E-state index contributed by atoms with van der Waals surface area (Å²) in [5.74, 6) is 0. The van der Waals surface area contributed by atoms with Gasteiger partial charge in [0.05, 0.1) is 11.0 Å². The van der Waals surface area contributed by atoms with Crippen LogP contribution in [0.15, 0.2) is 48.5 Å². The SMILES string of the molecule is O=[N+]([O-])c1ccccc1CNCC(O)c1ccccc1Cl. The van der Waals surface area contributed by atoms with E-state index in [9.17, 15) is 15.2 Å². The van der Waals surface area contributed by atoms with Gasteiger partial charge in [-0.1, -0.05) is 48.0 Å². The molecular weight excluding hydrogens is 292 g/mol. The quantitative estimate of drug-likeness (QED) is 0.635. The monoisotopic (exact) mass is 306 g/mol. The molecule has 21 heavy (non-hydrogen) atoms. The molecule has 5 nitrogen and oxygen atoms in total. The number of benzene rings is 2. The number of nitro benzene ring substituents is 1. The lowest BCUT2D eigenvalue weighted by atomic mass is 10.1. The molecule has 110 valence electrons. The van der Waals surface area contributed by atoms with Crippen LogP contribution in [-0.2, 0) is 6.54 Å². The number of nitrogens with one attached hydrogen (secondary N) is 1. The molecule has 0 spiro atoms. The van der Waals surface area contributed by atoms with Gasteiger partial charge in [0, 0.05) is 35.3 Å². The fraction of sp³-hybridized carbons (Fsp3) is 0.200. The van der Waals surface area contributed by atoms with Crippen LogP contribution >= 0.6 is 11.6 Å². The van der Waals surface area contributed by atoms with Gasteiger partial charge in [-0.05, 0) is 6.07 Å². The summed E-state index contributed by atoms with van der Waals surface area (Å²) >= 11 is 6.00. The number of aliphatic hydroxyl groups is 1. The Balaban J connectivity index is 1.96. The molecule has 0 aliphatic carbocycles. The van der Waals surface area contributed by atoms with E-state index in [1.807, 2.05) is 0 Å². The van der Waals surface area contributed by atoms with E-state index in [4.69, 9.17) is 11.6 Å². The maximum Gasteiger partial charge on any atom is 0.273 e. The Kier molecular flexibility index (Phi) is 5.27. The lowest BCUT2D eigenvalue weighted by Gasteiger charge is -2.13. The molecule has 0 amide bonds. The highest BCUT2D eigenvalue weighted by molar-refractivity contribution is 6.31. The molecule has 0 aliphatic rings. The fourth-order valence-corrected chi connectivity index (χ4v) is 2.30. The molecule has 2 aromatic rings. The lowest BCUT2D eigenvalue weighted by molar-refractivity contribution is -0.385. The number of para-hydroxylation sites is 1. The van der Waals surface area contributed by atoms with Gasteiger partial charge in [-0.2, -0.15) is 0 Å². The van der Waals surface area contributed by atoms with Crippen LogP contribution in [0.2, 0.25) is 5.02 Å². The highest BCUT2D eigenvalue weighted by atomic mass is 35.5. The minimum Gasteiger partial charge on any atom is -0.387 e. The molecular formula is C15H15ClN2O3. The Bertz CT molecular complexity index is 634. The summed E-state index contributed by atoms with van der Waals surface area (Å²) in [6.07, 6.45) is -0.763. The molecule has 1 atom stereocenters. The average Bonchev–Trinajstić information content (AvgIpc) is 2.48. The van der Waals surface area contributed by atoms with Crippen LogP contribution in [0.25, 0.3) is 0 Å². The van der Waals surface area contributed by atoms with E-state index in [0.29, 0.717) is 22.7 Å². The first-order valence-corrected chi connectivity index (χ1v) is 6.83. The maximum absolute atomic E-state index is 10.9. The minimum atomic E-state index is -0.763. The minimum absolute atomic E-state index is 0.0669. The second kappa shape index (κ2) is 7.17. The molecule has 0 aliphatic heterocycles. The largest absolute Gasteiger partial charge is 0.387 e.